The summed E-state index contributed by atoms with van der Waals surface area (Å²) in [4.78, 5) is 95.2. The van der Waals surface area contributed by atoms with Gasteiger partial charge in [-0.05, 0) is 88.2 Å². The quantitative estimate of drug-likeness (QED) is 0.0280. The zero-order valence-corrected chi connectivity index (χ0v) is 59.7. The Morgan fingerprint density at radius 2 is 0.980 bits per heavy atom. The van der Waals surface area contributed by atoms with Gasteiger partial charge in [-0.25, -0.2) is 4.98 Å². The second kappa shape index (κ2) is 45.9. The molecule has 20 heteroatoms. The number of hydrogen-bond acceptors (Lipinski definition) is 14. The molecule has 0 radical (unpaired) electrons. The van der Waals surface area contributed by atoms with E-state index in [-0.39, 0.29) is 75.0 Å². The zero-order valence-electron chi connectivity index (χ0n) is 58.9. The Balaban J connectivity index is 0.000000417. The predicted octanol–water partition coefficient (Wildman–Crippen LogP) is 6.59. The van der Waals surface area contributed by atoms with Gasteiger partial charge < -0.3 is 61.3 Å². The van der Waals surface area contributed by atoms with E-state index in [1.165, 1.54) is 11.3 Å². The first-order chi connectivity index (χ1) is 47.1. The summed E-state index contributed by atoms with van der Waals surface area (Å²) in [6, 6.07) is 14.6. The first kappa shape index (κ1) is 82.9. The summed E-state index contributed by atoms with van der Waals surface area (Å²) in [7, 11) is 5.43. The molecule has 98 heavy (non-hydrogen) atoms. The maximum atomic E-state index is 14.3. The molecule has 534 valence electrons. The lowest BCUT2D eigenvalue weighted by atomic mass is 9.82. The SMILES string of the molecule is C#CCC[C@H](O)[C@H](O)[C@H](CC1CCCCC1)NC(=O)[C@@H](NC(=O)[C@@H](CC(=O)N(C)CCN(C)CC)Cc1ccccc1)C(C#C)c1cscn1.C#CCC[C@H](O)[C@H](O)[C@H](CC1CCCCC1)NC(=O)[C@@H](NC(=O)[C@@H](CC(=O)N(C)CCN(CC)CC)Cc1ccccc1)C(C#C)C#C. The largest absolute Gasteiger partial charge is 0.390 e. The molecule has 1 unspecified atom stereocenters. The van der Waals surface area contributed by atoms with Gasteiger partial charge in [-0.1, -0.05) is 163 Å². The second-order valence-electron chi connectivity index (χ2n) is 26.4. The first-order valence-electron chi connectivity index (χ1n) is 35.2. The van der Waals surface area contributed by atoms with E-state index in [9.17, 15) is 49.2 Å². The van der Waals surface area contributed by atoms with Gasteiger partial charge >= 0.3 is 0 Å². The minimum absolute atomic E-state index is 0.0663. The molecule has 0 aliphatic heterocycles. The van der Waals surface area contributed by atoms with Gasteiger partial charge in [0, 0.05) is 71.3 Å². The van der Waals surface area contributed by atoms with Crippen LogP contribution in [0, 0.1) is 91.3 Å². The van der Waals surface area contributed by atoms with E-state index in [0.29, 0.717) is 44.7 Å². The Kier molecular flexibility index (Phi) is 38.8. The van der Waals surface area contributed by atoms with Crippen LogP contribution in [0.2, 0.25) is 0 Å². The molecule has 1 aromatic heterocycles. The van der Waals surface area contributed by atoms with Crippen LogP contribution in [-0.4, -0.2) is 196 Å². The molecule has 6 amide bonds. The van der Waals surface area contributed by atoms with Crippen molar-refractivity contribution in [1.29, 1.82) is 0 Å². The fourth-order valence-corrected chi connectivity index (χ4v) is 13.3. The molecule has 0 bridgehead atoms. The Morgan fingerprint density at radius 3 is 1.37 bits per heavy atom. The Morgan fingerprint density at radius 1 is 0.551 bits per heavy atom. The number of nitrogens with zero attached hydrogens (tertiary/aromatic N) is 5. The molecule has 5 rings (SSSR count). The van der Waals surface area contributed by atoms with Gasteiger partial charge in [-0.3, -0.25) is 28.8 Å². The highest BCUT2D eigenvalue weighted by Gasteiger charge is 2.40. The van der Waals surface area contributed by atoms with Crippen molar-refractivity contribution in [3.05, 3.63) is 88.4 Å². The predicted molar refractivity (Wildman–Crippen MR) is 388 cm³/mol. The molecule has 0 spiro atoms. The van der Waals surface area contributed by atoms with Crippen LogP contribution in [-0.2, 0) is 41.6 Å². The molecule has 1 heterocycles. The summed E-state index contributed by atoms with van der Waals surface area (Å²) < 4.78 is 0. The van der Waals surface area contributed by atoms with Crippen molar-refractivity contribution < 1.29 is 49.2 Å². The molecule has 2 fully saturated rings. The number of rotatable bonds is 40. The number of aromatic nitrogens is 1. The van der Waals surface area contributed by atoms with Gasteiger partial charge in [-0.2, -0.15) is 0 Å². The van der Waals surface area contributed by atoms with Crippen LogP contribution in [0.3, 0.4) is 0 Å². The Hall–Kier alpha value is -7.55. The molecule has 8 N–H and O–H groups in total. The number of carbonyl (C=O) groups excluding carboxylic acids is 6. The summed E-state index contributed by atoms with van der Waals surface area (Å²) in [5.41, 5.74) is 3.79. The fraction of sp³-hybridized carbons (Fsp3) is 0.603. The number of terminal acetylenes is 5. The molecule has 2 aromatic carbocycles. The van der Waals surface area contributed by atoms with Crippen LogP contribution in [0.15, 0.2) is 71.6 Å². The highest BCUT2D eigenvalue weighted by molar-refractivity contribution is 7.07. The lowest BCUT2D eigenvalue weighted by Gasteiger charge is -2.34. The van der Waals surface area contributed by atoms with Crippen molar-refractivity contribution >= 4 is 46.8 Å². The van der Waals surface area contributed by atoms with Crippen molar-refractivity contribution in [2.45, 2.75) is 204 Å². The van der Waals surface area contributed by atoms with Gasteiger partial charge in [0.05, 0.1) is 53.2 Å². The van der Waals surface area contributed by atoms with E-state index < -0.39 is 95.9 Å². The summed E-state index contributed by atoms with van der Waals surface area (Å²) in [6.07, 6.45) is 36.0. The molecular weight excluding hydrogens is 1250 g/mol. The minimum Gasteiger partial charge on any atom is -0.390 e. The van der Waals surface area contributed by atoms with Crippen LogP contribution >= 0.6 is 11.3 Å². The third-order valence-electron chi connectivity index (χ3n) is 19.3. The zero-order chi connectivity index (χ0) is 71.9. The monoisotopic (exact) mass is 1370 g/mol. The van der Waals surface area contributed by atoms with Crippen LogP contribution in [0.25, 0.3) is 0 Å². The van der Waals surface area contributed by atoms with E-state index >= 15 is 0 Å². The normalized spacial score (nSPS) is 16.7. The number of hydrogen-bond donors (Lipinski definition) is 8. The second-order valence-corrected chi connectivity index (χ2v) is 27.1. The molecular formula is C78H111N9O10S. The molecule has 2 saturated carbocycles. The highest BCUT2D eigenvalue weighted by atomic mass is 32.1. The minimum atomic E-state index is -1.33. The Labute approximate surface area is 589 Å². The summed E-state index contributed by atoms with van der Waals surface area (Å²) in [6.45, 7) is 11.2. The third kappa shape index (κ3) is 28.7. The van der Waals surface area contributed by atoms with Crippen LogP contribution < -0.4 is 21.3 Å². The first-order valence-corrected chi connectivity index (χ1v) is 36.1. The number of carbonyl (C=O) groups is 6. The van der Waals surface area contributed by atoms with E-state index in [0.717, 1.165) is 95.0 Å². The fourth-order valence-electron chi connectivity index (χ4n) is 12.7. The number of likely N-dealkylation sites (N-methyl/N-ethyl adjacent to an activating group) is 4. The van der Waals surface area contributed by atoms with Crippen molar-refractivity contribution in [3.63, 3.8) is 0 Å². The topological polar surface area (TPSA) is 257 Å². The Bertz CT molecular complexity index is 3050. The van der Waals surface area contributed by atoms with E-state index in [1.54, 1.807) is 34.8 Å². The van der Waals surface area contributed by atoms with Crippen molar-refractivity contribution in [2.24, 2.45) is 29.6 Å². The van der Waals surface area contributed by atoms with E-state index in [1.807, 2.05) is 74.6 Å². The van der Waals surface area contributed by atoms with Gasteiger partial charge in [0.2, 0.25) is 35.4 Å². The molecule has 19 nitrogen and oxygen atoms in total. The van der Waals surface area contributed by atoms with Crippen molar-refractivity contribution in [1.82, 2.24) is 45.9 Å². The van der Waals surface area contributed by atoms with E-state index in [4.69, 9.17) is 32.1 Å². The standard InChI is InChI=1S/C39H55N5O5S.C39H56N4O5/c1-6-9-20-34(45)37(47)32(24-29-18-14-11-15-19-29)41-39(49)36(31(7-2)33-26-50-27-40-33)42-38(48)30(23-28-16-12-10-13-17-28)25-35(46)44(5)22-21-43(4)8-3;1-7-12-23-34(44)37(46)33(27-30-21-17-14-18-22-30)40-39(48)36(31(8-2)9-3)41-38(47)32(26-29-19-15-13-16-20-29)28-35(45)42(6)24-25-43(10-4)11-5/h1-2,10,12-13,16-17,26-27,29-32,34,36-37,45,47H,8-9,11,14-15,18-25H2,3-5H3,(H,41,49)(H,42,48);1-3,13,15-16,19-20,30-34,36-37,44,46H,10-12,14,17-18,21-28H2,4-6H3,(H,40,48)(H,41,47)/t30-,31?,32+,34+,36+,37-;32-,33+,34+,36+,37-/m11/s1. The smallest absolute Gasteiger partial charge is 0.245 e. The molecule has 3 aromatic rings. The summed E-state index contributed by atoms with van der Waals surface area (Å²) in [5, 5.41) is 57.3. The van der Waals surface area contributed by atoms with Gasteiger partial charge in [0.25, 0.3) is 0 Å². The third-order valence-corrected chi connectivity index (χ3v) is 19.9. The number of amides is 6. The lowest BCUT2D eigenvalue weighted by molar-refractivity contribution is -0.137. The van der Waals surface area contributed by atoms with E-state index in [2.05, 4.69) is 79.5 Å². The van der Waals surface area contributed by atoms with Crippen LogP contribution in [0.5, 0.6) is 0 Å². The summed E-state index contributed by atoms with van der Waals surface area (Å²) in [5.74, 6) is 6.72. The van der Waals surface area contributed by atoms with Crippen molar-refractivity contribution in [2.75, 3.05) is 67.0 Å². The number of nitrogens with one attached hydrogen (secondary N) is 4. The lowest BCUT2D eigenvalue weighted by Crippen LogP contribution is -2.57. The van der Waals surface area contributed by atoms with Crippen molar-refractivity contribution in [3.8, 4) is 61.7 Å². The average Bonchev–Trinajstić information content (AvgIpc) is 1.25. The average molecular weight is 1370 g/mol. The number of thiazole rings is 1. The molecule has 2 aliphatic rings. The van der Waals surface area contributed by atoms with Crippen LogP contribution in [0.4, 0.5) is 0 Å². The van der Waals surface area contributed by atoms with Crippen LogP contribution in [0.1, 0.15) is 159 Å². The summed E-state index contributed by atoms with van der Waals surface area (Å²) >= 11 is 1.32. The highest BCUT2D eigenvalue weighted by Crippen LogP contribution is 2.31. The van der Waals surface area contributed by atoms with Gasteiger partial charge in [0.15, 0.2) is 0 Å². The number of benzene rings is 2. The maximum absolute atomic E-state index is 14.3. The number of aliphatic hydroxyl groups excluding tert-OH is 4. The molecule has 2 aliphatic carbocycles. The van der Waals surface area contributed by atoms with Gasteiger partial charge in [-0.15, -0.1) is 55.3 Å². The maximum Gasteiger partial charge on any atom is 0.245 e. The van der Waals surface area contributed by atoms with Gasteiger partial charge in [0.1, 0.15) is 30.2 Å². The molecule has 0 saturated heterocycles. The molecule has 11 atom stereocenters. The number of aliphatic hydroxyl groups is 4.